The molecule has 0 radical (unpaired) electrons. The molecule has 0 aliphatic carbocycles. The van der Waals surface area contributed by atoms with Crippen LogP contribution in [0.15, 0.2) is 54.6 Å². The minimum absolute atomic E-state index is 0.00461. The monoisotopic (exact) mass is 309 g/mol. The second-order valence-electron chi connectivity index (χ2n) is 6.00. The summed E-state index contributed by atoms with van der Waals surface area (Å²) in [5, 5.41) is 13.8. The lowest BCUT2D eigenvalue weighted by atomic mass is 10.0. The Kier molecular flexibility index (Phi) is 4.74. The standard InChI is InChI=1S/C19H23N3O/c1-14(18(23)12-15-8-4-3-5-9-15)20-13-19-21-16-10-6-7-11-17(16)22(19)2/h3-11,14,18,20,23H,12-13H2,1-2H3. The van der Waals surface area contributed by atoms with Crippen LogP contribution >= 0.6 is 0 Å². The normalized spacial score (nSPS) is 14.0. The van der Waals surface area contributed by atoms with Crippen LogP contribution in [0.5, 0.6) is 0 Å². The first-order chi connectivity index (χ1) is 11.1. The topological polar surface area (TPSA) is 50.1 Å². The van der Waals surface area contributed by atoms with Gasteiger partial charge in [-0.1, -0.05) is 42.5 Å². The van der Waals surface area contributed by atoms with E-state index in [0.29, 0.717) is 13.0 Å². The number of rotatable bonds is 6. The molecule has 0 spiro atoms. The molecule has 0 saturated heterocycles. The number of benzene rings is 2. The van der Waals surface area contributed by atoms with Crippen LogP contribution in [0.3, 0.4) is 0 Å². The molecule has 4 heteroatoms. The third-order valence-corrected chi connectivity index (χ3v) is 4.33. The van der Waals surface area contributed by atoms with Crippen molar-refractivity contribution in [2.45, 2.75) is 32.0 Å². The highest BCUT2D eigenvalue weighted by Crippen LogP contribution is 2.14. The smallest absolute Gasteiger partial charge is 0.123 e. The highest BCUT2D eigenvalue weighted by molar-refractivity contribution is 5.75. The third kappa shape index (κ3) is 3.60. The lowest BCUT2D eigenvalue weighted by Crippen LogP contribution is -2.38. The third-order valence-electron chi connectivity index (χ3n) is 4.33. The number of para-hydroxylation sites is 2. The van der Waals surface area contributed by atoms with Crippen molar-refractivity contribution in [3.63, 3.8) is 0 Å². The van der Waals surface area contributed by atoms with Crippen LogP contribution in [-0.4, -0.2) is 26.8 Å². The molecular weight excluding hydrogens is 286 g/mol. The average Bonchev–Trinajstić information content (AvgIpc) is 2.90. The lowest BCUT2D eigenvalue weighted by Gasteiger charge is -2.20. The van der Waals surface area contributed by atoms with E-state index in [9.17, 15) is 5.11 Å². The number of aryl methyl sites for hydroxylation is 1. The summed E-state index contributed by atoms with van der Waals surface area (Å²) in [7, 11) is 2.03. The first kappa shape index (κ1) is 15.7. The Morgan fingerprint density at radius 2 is 1.78 bits per heavy atom. The van der Waals surface area contributed by atoms with Crippen molar-refractivity contribution >= 4 is 11.0 Å². The van der Waals surface area contributed by atoms with Gasteiger partial charge >= 0.3 is 0 Å². The van der Waals surface area contributed by atoms with Crippen LogP contribution in [0, 0.1) is 0 Å². The highest BCUT2D eigenvalue weighted by atomic mass is 16.3. The molecule has 0 saturated carbocycles. The molecule has 0 aliphatic heterocycles. The van der Waals surface area contributed by atoms with E-state index in [4.69, 9.17) is 0 Å². The van der Waals surface area contributed by atoms with Crippen molar-refractivity contribution in [2.75, 3.05) is 0 Å². The van der Waals surface area contributed by atoms with Crippen molar-refractivity contribution in [1.29, 1.82) is 0 Å². The van der Waals surface area contributed by atoms with Gasteiger partial charge < -0.3 is 15.0 Å². The zero-order chi connectivity index (χ0) is 16.2. The summed E-state index contributed by atoms with van der Waals surface area (Å²) >= 11 is 0. The number of hydrogen-bond donors (Lipinski definition) is 2. The molecule has 0 amide bonds. The van der Waals surface area contributed by atoms with Crippen molar-refractivity contribution in [2.24, 2.45) is 7.05 Å². The van der Waals surface area contributed by atoms with Crippen LogP contribution < -0.4 is 5.32 Å². The van der Waals surface area contributed by atoms with Gasteiger partial charge in [0.25, 0.3) is 0 Å². The maximum absolute atomic E-state index is 10.4. The van der Waals surface area contributed by atoms with Gasteiger partial charge in [0.2, 0.25) is 0 Å². The molecule has 23 heavy (non-hydrogen) atoms. The maximum Gasteiger partial charge on any atom is 0.123 e. The van der Waals surface area contributed by atoms with Gasteiger partial charge in [-0.15, -0.1) is 0 Å². The van der Waals surface area contributed by atoms with E-state index < -0.39 is 6.10 Å². The Labute approximate surface area is 136 Å². The van der Waals surface area contributed by atoms with Gasteiger partial charge in [0.05, 0.1) is 23.7 Å². The van der Waals surface area contributed by atoms with Gasteiger partial charge in [0.15, 0.2) is 0 Å². The first-order valence-electron chi connectivity index (χ1n) is 8.01. The molecule has 1 aromatic heterocycles. The van der Waals surface area contributed by atoms with E-state index in [1.165, 1.54) is 0 Å². The van der Waals surface area contributed by atoms with E-state index in [2.05, 4.69) is 20.9 Å². The number of aliphatic hydroxyl groups excluding tert-OH is 1. The van der Waals surface area contributed by atoms with E-state index >= 15 is 0 Å². The Balaban J connectivity index is 1.61. The number of fused-ring (bicyclic) bond motifs is 1. The number of imidazole rings is 1. The molecule has 3 aromatic rings. The Hall–Kier alpha value is -2.17. The predicted molar refractivity (Wildman–Crippen MR) is 93.2 cm³/mol. The van der Waals surface area contributed by atoms with Crippen molar-refractivity contribution in [3.05, 3.63) is 66.0 Å². The Morgan fingerprint density at radius 3 is 2.52 bits per heavy atom. The van der Waals surface area contributed by atoms with Crippen LogP contribution in [0.2, 0.25) is 0 Å². The molecule has 0 fully saturated rings. The predicted octanol–water partition coefficient (Wildman–Crippen LogP) is 2.66. The first-order valence-corrected chi connectivity index (χ1v) is 8.01. The highest BCUT2D eigenvalue weighted by Gasteiger charge is 2.15. The molecule has 2 aromatic carbocycles. The van der Waals surface area contributed by atoms with Gasteiger partial charge in [-0.05, 0) is 31.0 Å². The summed E-state index contributed by atoms with van der Waals surface area (Å²) in [6.07, 6.45) is 0.226. The SMILES string of the molecule is CC(NCc1nc2ccccc2n1C)C(O)Cc1ccccc1. The fourth-order valence-electron chi connectivity index (χ4n) is 2.77. The number of hydrogen-bond acceptors (Lipinski definition) is 3. The van der Waals surface area contributed by atoms with Gasteiger partial charge in [0, 0.05) is 13.1 Å². The fourth-order valence-corrected chi connectivity index (χ4v) is 2.77. The number of aromatic nitrogens is 2. The molecule has 1 heterocycles. The van der Waals surface area contributed by atoms with Crippen molar-refractivity contribution in [3.8, 4) is 0 Å². The minimum atomic E-state index is -0.424. The molecule has 120 valence electrons. The molecule has 3 rings (SSSR count). The van der Waals surface area contributed by atoms with Gasteiger partial charge in [-0.2, -0.15) is 0 Å². The molecule has 0 aliphatic rings. The fraction of sp³-hybridized carbons (Fsp3) is 0.316. The Morgan fingerprint density at radius 1 is 1.09 bits per heavy atom. The number of aliphatic hydroxyl groups is 1. The van der Waals surface area contributed by atoms with Crippen LogP contribution in [-0.2, 0) is 20.0 Å². The van der Waals surface area contributed by atoms with Gasteiger partial charge in [-0.25, -0.2) is 4.98 Å². The van der Waals surface area contributed by atoms with E-state index in [-0.39, 0.29) is 6.04 Å². The summed E-state index contributed by atoms with van der Waals surface area (Å²) in [6, 6.07) is 18.2. The summed E-state index contributed by atoms with van der Waals surface area (Å²) in [4.78, 5) is 4.65. The second-order valence-corrected chi connectivity index (χ2v) is 6.00. The summed E-state index contributed by atoms with van der Waals surface area (Å²) in [5.41, 5.74) is 3.28. The van der Waals surface area contributed by atoms with E-state index in [1.54, 1.807) is 0 Å². The lowest BCUT2D eigenvalue weighted by molar-refractivity contribution is 0.133. The van der Waals surface area contributed by atoms with Crippen LogP contribution in [0.4, 0.5) is 0 Å². The maximum atomic E-state index is 10.4. The zero-order valence-electron chi connectivity index (χ0n) is 13.6. The second kappa shape index (κ2) is 6.94. The molecule has 2 unspecified atom stereocenters. The minimum Gasteiger partial charge on any atom is -0.391 e. The zero-order valence-corrected chi connectivity index (χ0v) is 13.6. The molecule has 0 bridgehead atoms. The molecular formula is C19H23N3O. The van der Waals surface area contributed by atoms with Gasteiger partial charge in [-0.3, -0.25) is 0 Å². The largest absolute Gasteiger partial charge is 0.391 e. The number of nitrogens with one attached hydrogen (secondary N) is 1. The van der Waals surface area contributed by atoms with E-state index in [1.807, 2.05) is 62.5 Å². The van der Waals surface area contributed by atoms with E-state index in [0.717, 1.165) is 22.4 Å². The average molecular weight is 309 g/mol. The molecule has 2 atom stereocenters. The van der Waals surface area contributed by atoms with Crippen LogP contribution in [0.1, 0.15) is 18.3 Å². The molecule has 2 N–H and O–H groups in total. The Bertz CT molecular complexity index is 767. The number of nitrogens with zero attached hydrogens (tertiary/aromatic N) is 2. The van der Waals surface area contributed by atoms with Crippen LogP contribution in [0.25, 0.3) is 11.0 Å². The summed E-state index contributed by atoms with van der Waals surface area (Å²) in [6.45, 7) is 2.65. The van der Waals surface area contributed by atoms with Crippen molar-refractivity contribution < 1.29 is 5.11 Å². The van der Waals surface area contributed by atoms with Crippen molar-refractivity contribution in [1.82, 2.24) is 14.9 Å². The summed E-state index contributed by atoms with van der Waals surface area (Å²) in [5.74, 6) is 0.977. The van der Waals surface area contributed by atoms with Gasteiger partial charge in [0.1, 0.15) is 5.82 Å². The summed E-state index contributed by atoms with van der Waals surface area (Å²) < 4.78 is 2.10. The molecule has 4 nitrogen and oxygen atoms in total. The quantitative estimate of drug-likeness (QED) is 0.736.